The van der Waals surface area contributed by atoms with Gasteiger partial charge in [-0.3, -0.25) is 14.8 Å². The first-order valence-corrected chi connectivity index (χ1v) is 7.02. The lowest BCUT2D eigenvalue weighted by Crippen LogP contribution is -2.39. The summed E-state index contributed by atoms with van der Waals surface area (Å²) in [7, 11) is 0. The van der Waals surface area contributed by atoms with E-state index in [9.17, 15) is 4.79 Å². The molecule has 21 heavy (non-hydrogen) atoms. The topological polar surface area (TPSA) is 78.4 Å². The van der Waals surface area contributed by atoms with Crippen LogP contribution in [0, 0.1) is 0 Å². The largest absolute Gasteiger partial charge is 0.357 e. The minimum atomic E-state index is -0.117. The number of aliphatic imine (C=N–C) groups is 1. The summed E-state index contributed by atoms with van der Waals surface area (Å²) >= 11 is 0. The Morgan fingerprint density at radius 3 is 2.86 bits per heavy atom. The van der Waals surface area contributed by atoms with Gasteiger partial charge in [0.2, 0.25) is 0 Å². The first-order valence-electron chi connectivity index (χ1n) is 7.02. The number of nitrogens with zero attached hydrogens (tertiary/aromatic N) is 2. The average molecular weight is 403 g/mol. The maximum atomic E-state index is 11.8. The zero-order valence-corrected chi connectivity index (χ0v) is 14.5. The molecule has 1 amide bonds. The number of hydrogen-bond donors (Lipinski definition) is 3. The third-order valence-electron chi connectivity index (χ3n) is 2.85. The van der Waals surface area contributed by atoms with Crippen molar-refractivity contribution in [3.63, 3.8) is 0 Å². The van der Waals surface area contributed by atoms with Gasteiger partial charge in [0.25, 0.3) is 5.91 Å². The zero-order chi connectivity index (χ0) is 14.2. The van der Waals surface area contributed by atoms with E-state index in [1.54, 1.807) is 24.5 Å². The van der Waals surface area contributed by atoms with Gasteiger partial charge in [-0.05, 0) is 31.9 Å². The van der Waals surface area contributed by atoms with Crippen LogP contribution < -0.4 is 16.0 Å². The fourth-order valence-corrected chi connectivity index (χ4v) is 1.68. The number of hydrogen-bond acceptors (Lipinski definition) is 3. The van der Waals surface area contributed by atoms with Crippen LogP contribution in [-0.4, -0.2) is 42.5 Å². The minimum Gasteiger partial charge on any atom is -0.357 e. The van der Waals surface area contributed by atoms with Crippen LogP contribution >= 0.6 is 24.0 Å². The van der Waals surface area contributed by atoms with Crippen LogP contribution in [-0.2, 0) is 0 Å². The van der Waals surface area contributed by atoms with Crippen molar-refractivity contribution < 1.29 is 4.79 Å². The highest BCUT2D eigenvalue weighted by molar-refractivity contribution is 14.0. The van der Waals surface area contributed by atoms with Gasteiger partial charge >= 0.3 is 0 Å². The second-order valence-electron chi connectivity index (χ2n) is 4.68. The third-order valence-corrected chi connectivity index (χ3v) is 2.85. The lowest BCUT2D eigenvalue weighted by atomic mass is 10.3. The van der Waals surface area contributed by atoms with Crippen molar-refractivity contribution in [2.75, 3.05) is 19.6 Å². The van der Waals surface area contributed by atoms with Crippen molar-refractivity contribution in [2.45, 2.75) is 25.8 Å². The highest BCUT2D eigenvalue weighted by Gasteiger charge is 2.21. The summed E-state index contributed by atoms with van der Waals surface area (Å²) in [6.45, 7) is 3.93. The number of guanidine groups is 1. The first-order chi connectivity index (χ1) is 9.79. The smallest absolute Gasteiger partial charge is 0.252 e. The molecule has 116 valence electrons. The first kappa shape index (κ1) is 17.7. The number of pyridine rings is 1. The van der Waals surface area contributed by atoms with Crippen LogP contribution in [0.3, 0.4) is 0 Å². The van der Waals surface area contributed by atoms with Crippen molar-refractivity contribution in [2.24, 2.45) is 4.99 Å². The predicted molar refractivity (Wildman–Crippen MR) is 94.1 cm³/mol. The van der Waals surface area contributed by atoms with E-state index in [2.05, 4.69) is 25.9 Å². The van der Waals surface area contributed by atoms with E-state index in [0.29, 0.717) is 24.7 Å². The molecule has 1 aromatic rings. The molecule has 0 radical (unpaired) electrons. The fourth-order valence-electron chi connectivity index (χ4n) is 1.68. The van der Waals surface area contributed by atoms with Gasteiger partial charge in [-0.1, -0.05) is 0 Å². The second kappa shape index (κ2) is 9.54. The maximum absolute atomic E-state index is 11.8. The normalized spacial score (nSPS) is 14.0. The van der Waals surface area contributed by atoms with Crippen LogP contribution in [0.25, 0.3) is 0 Å². The Morgan fingerprint density at radius 1 is 1.43 bits per heavy atom. The number of aromatic nitrogens is 1. The molecule has 0 saturated heterocycles. The molecule has 0 atom stereocenters. The SMILES string of the molecule is CCNC(=NCCNC(=O)c1cccnc1)NC1CC1.I. The van der Waals surface area contributed by atoms with Gasteiger partial charge in [0, 0.05) is 31.5 Å². The minimum absolute atomic E-state index is 0. The summed E-state index contributed by atoms with van der Waals surface area (Å²) in [4.78, 5) is 20.1. The van der Waals surface area contributed by atoms with Crippen molar-refractivity contribution >= 4 is 35.8 Å². The van der Waals surface area contributed by atoms with E-state index in [4.69, 9.17) is 0 Å². The molecule has 0 spiro atoms. The van der Waals surface area contributed by atoms with Gasteiger partial charge in [-0.15, -0.1) is 24.0 Å². The molecule has 1 aliphatic rings. The molecular weight excluding hydrogens is 381 g/mol. The molecule has 7 heteroatoms. The monoisotopic (exact) mass is 403 g/mol. The van der Waals surface area contributed by atoms with Gasteiger partial charge < -0.3 is 16.0 Å². The Morgan fingerprint density at radius 2 is 2.24 bits per heavy atom. The summed E-state index contributed by atoms with van der Waals surface area (Å²) in [6, 6.07) is 4.05. The van der Waals surface area contributed by atoms with E-state index in [0.717, 1.165) is 12.5 Å². The molecule has 0 aromatic carbocycles. The van der Waals surface area contributed by atoms with Gasteiger partial charge in [-0.2, -0.15) is 0 Å². The van der Waals surface area contributed by atoms with E-state index in [1.165, 1.54) is 12.8 Å². The lowest BCUT2D eigenvalue weighted by molar-refractivity contribution is 0.0954. The molecule has 1 heterocycles. The number of carbonyl (C=O) groups excluding carboxylic acids is 1. The van der Waals surface area contributed by atoms with Gasteiger partial charge in [0.15, 0.2) is 5.96 Å². The van der Waals surface area contributed by atoms with Crippen LogP contribution in [0.2, 0.25) is 0 Å². The van der Waals surface area contributed by atoms with Gasteiger partial charge in [0.05, 0.1) is 12.1 Å². The molecule has 3 N–H and O–H groups in total. The number of nitrogens with one attached hydrogen (secondary N) is 3. The highest BCUT2D eigenvalue weighted by Crippen LogP contribution is 2.18. The summed E-state index contributed by atoms with van der Waals surface area (Å²) in [5.74, 6) is 0.707. The molecule has 1 aliphatic carbocycles. The molecule has 6 nitrogen and oxygen atoms in total. The van der Waals surface area contributed by atoms with E-state index >= 15 is 0 Å². The quantitative estimate of drug-likeness (QED) is 0.288. The Labute approximate surface area is 142 Å². The van der Waals surface area contributed by atoms with E-state index < -0.39 is 0 Å². The number of rotatable bonds is 6. The summed E-state index contributed by atoms with van der Waals surface area (Å²) < 4.78 is 0. The van der Waals surface area contributed by atoms with Crippen molar-refractivity contribution in [1.82, 2.24) is 20.9 Å². The Balaban J connectivity index is 0.00000220. The zero-order valence-electron chi connectivity index (χ0n) is 12.1. The Kier molecular flexibility index (Phi) is 8.03. The molecular formula is C14H22IN5O. The van der Waals surface area contributed by atoms with E-state index in [1.807, 2.05) is 6.92 Å². The van der Waals surface area contributed by atoms with Crippen molar-refractivity contribution in [1.29, 1.82) is 0 Å². The van der Waals surface area contributed by atoms with Crippen molar-refractivity contribution in [3.8, 4) is 0 Å². The maximum Gasteiger partial charge on any atom is 0.252 e. The second-order valence-corrected chi connectivity index (χ2v) is 4.68. The summed E-state index contributed by atoms with van der Waals surface area (Å²) in [6.07, 6.45) is 5.62. The highest BCUT2D eigenvalue weighted by atomic mass is 127. The van der Waals surface area contributed by atoms with Crippen LogP contribution in [0.4, 0.5) is 0 Å². The van der Waals surface area contributed by atoms with Gasteiger partial charge in [0.1, 0.15) is 0 Å². The average Bonchev–Trinajstić information content (AvgIpc) is 3.28. The lowest BCUT2D eigenvalue weighted by Gasteiger charge is -2.10. The van der Waals surface area contributed by atoms with Crippen LogP contribution in [0.15, 0.2) is 29.5 Å². The number of amides is 1. The van der Waals surface area contributed by atoms with Gasteiger partial charge in [-0.25, -0.2) is 0 Å². The predicted octanol–water partition coefficient (Wildman–Crippen LogP) is 1.15. The Bertz CT molecular complexity index is 462. The molecule has 1 fully saturated rings. The molecule has 2 rings (SSSR count). The van der Waals surface area contributed by atoms with Crippen LogP contribution in [0.1, 0.15) is 30.1 Å². The summed E-state index contributed by atoms with van der Waals surface area (Å²) in [5.41, 5.74) is 0.569. The van der Waals surface area contributed by atoms with Crippen molar-refractivity contribution in [3.05, 3.63) is 30.1 Å². The number of halogens is 1. The molecule has 1 aromatic heterocycles. The molecule has 1 saturated carbocycles. The van der Waals surface area contributed by atoms with E-state index in [-0.39, 0.29) is 29.9 Å². The third kappa shape index (κ3) is 6.74. The standard InChI is InChI=1S/C14H21N5O.HI/c1-2-16-14(19-12-5-6-12)18-9-8-17-13(20)11-4-3-7-15-10-11;/h3-4,7,10,12H,2,5-6,8-9H2,1H3,(H,17,20)(H2,16,18,19);1H. The fraction of sp³-hybridized carbons (Fsp3) is 0.500. The Hall–Kier alpha value is -1.38. The summed E-state index contributed by atoms with van der Waals surface area (Å²) in [5, 5.41) is 9.34. The number of carbonyl (C=O) groups is 1. The van der Waals surface area contributed by atoms with Crippen LogP contribution in [0.5, 0.6) is 0 Å². The molecule has 0 bridgehead atoms. The molecule has 0 unspecified atom stereocenters. The molecule has 0 aliphatic heterocycles.